The number of benzene rings is 1. The van der Waals surface area contributed by atoms with Gasteiger partial charge in [0.05, 0.1) is 17.6 Å². The summed E-state index contributed by atoms with van der Waals surface area (Å²) < 4.78 is 47.5. The van der Waals surface area contributed by atoms with Gasteiger partial charge in [-0.1, -0.05) is 53.0 Å². The molecule has 0 spiro atoms. The van der Waals surface area contributed by atoms with Gasteiger partial charge in [-0.2, -0.15) is 4.72 Å². The predicted octanol–water partition coefficient (Wildman–Crippen LogP) is 3.29. The maximum absolute atomic E-state index is 12.7. The van der Waals surface area contributed by atoms with Crippen LogP contribution in [0, 0.1) is 0 Å². The van der Waals surface area contributed by atoms with Gasteiger partial charge < -0.3 is 9.05 Å². The summed E-state index contributed by atoms with van der Waals surface area (Å²) in [6.45, 7) is 1.63. The van der Waals surface area contributed by atoms with Gasteiger partial charge in [0.25, 0.3) is 0 Å². The predicted molar refractivity (Wildman–Crippen MR) is 84.9 cm³/mol. The van der Waals surface area contributed by atoms with Gasteiger partial charge in [-0.25, -0.2) is 8.42 Å². The minimum Gasteiger partial charge on any atom is -0.305 e. The van der Waals surface area contributed by atoms with Crippen LogP contribution in [0.25, 0.3) is 0 Å². The first-order valence-electron chi connectivity index (χ1n) is 6.11. The molecule has 124 valence electrons. The lowest BCUT2D eigenvalue weighted by molar-refractivity contribution is 0.254. The lowest BCUT2D eigenvalue weighted by Gasteiger charge is -2.28. The van der Waals surface area contributed by atoms with Crippen molar-refractivity contribution in [3.8, 4) is 0 Å². The van der Waals surface area contributed by atoms with Crippen molar-refractivity contribution < 1.29 is 22.0 Å². The van der Waals surface area contributed by atoms with Crippen molar-refractivity contribution in [2.75, 3.05) is 6.61 Å². The number of alkyl halides is 3. The third kappa shape index (κ3) is 4.16. The molecule has 3 atom stereocenters. The molecule has 1 fully saturated rings. The van der Waals surface area contributed by atoms with Crippen molar-refractivity contribution in [3.63, 3.8) is 0 Å². The van der Waals surface area contributed by atoms with Crippen LogP contribution in [0.1, 0.15) is 6.92 Å². The summed E-state index contributed by atoms with van der Waals surface area (Å²) >= 11 is 17.3. The van der Waals surface area contributed by atoms with E-state index in [0.717, 1.165) is 0 Å². The maximum atomic E-state index is 12.7. The van der Waals surface area contributed by atoms with Crippen molar-refractivity contribution in [3.05, 3.63) is 30.3 Å². The molecule has 0 saturated carbocycles. The topological polar surface area (TPSA) is 81.7 Å². The highest BCUT2D eigenvalue weighted by Gasteiger charge is 2.54. The highest BCUT2D eigenvalue weighted by Crippen LogP contribution is 2.62. The van der Waals surface area contributed by atoms with Gasteiger partial charge in [0.1, 0.15) is 0 Å². The van der Waals surface area contributed by atoms with Gasteiger partial charge in [0, 0.05) is 0 Å². The Labute approximate surface area is 143 Å². The Morgan fingerprint density at radius 1 is 1.32 bits per heavy atom. The monoisotopic (exact) mass is 407 g/mol. The van der Waals surface area contributed by atoms with Crippen LogP contribution in [-0.4, -0.2) is 30.7 Å². The number of hydrogen-bond donors (Lipinski definition) is 1. The molecule has 0 bridgehead atoms. The summed E-state index contributed by atoms with van der Waals surface area (Å²) in [5.74, 6) is -1.67. The molecular weight excluding hydrogens is 396 g/mol. The van der Waals surface area contributed by atoms with Crippen molar-refractivity contribution in [1.29, 1.82) is 0 Å². The number of halogens is 3. The molecule has 6 nitrogen and oxygen atoms in total. The number of nitrogens with one attached hydrogen (secondary N) is 1. The molecule has 1 aromatic carbocycles. The summed E-state index contributed by atoms with van der Waals surface area (Å²) in [6, 6.07) is 7.43. The van der Waals surface area contributed by atoms with Crippen LogP contribution in [0.15, 0.2) is 35.2 Å². The molecule has 22 heavy (non-hydrogen) atoms. The fourth-order valence-corrected chi connectivity index (χ4v) is 6.94. The number of sulfonamides is 1. The highest BCUT2D eigenvalue weighted by atomic mass is 35.6. The van der Waals surface area contributed by atoms with Gasteiger partial charge in [-0.15, -0.1) is 0 Å². The molecule has 0 aliphatic carbocycles. The van der Waals surface area contributed by atoms with E-state index < -0.39 is 33.3 Å². The molecule has 1 aromatic rings. The van der Waals surface area contributed by atoms with Crippen LogP contribution in [0.4, 0.5) is 0 Å². The second kappa shape index (κ2) is 6.57. The molecule has 1 saturated heterocycles. The molecule has 1 aliphatic heterocycles. The molecule has 0 radical (unpaired) electrons. The first-order valence-corrected chi connectivity index (χ1v) is 10.3. The lowest BCUT2D eigenvalue weighted by atomic mass is 10.4. The highest BCUT2D eigenvalue weighted by molar-refractivity contribution is 7.89. The molecule has 0 amide bonds. The minimum atomic E-state index is -4.07. The Kier molecular flexibility index (Phi) is 5.52. The average molecular weight is 409 g/mol. The van der Waals surface area contributed by atoms with Crippen LogP contribution in [0.5, 0.6) is 0 Å². The Morgan fingerprint density at radius 2 is 1.91 bits per heavy atom. The van der Waals surface area contributed by atoms with Gasteiger partial charge in [-0.3, -0.25) is 4.57 Å². The largest absolute Gasteiger partial charge is 0.353 e. The van der Waals surface area contributed by atoms with Crippen molar-refractivity contribution >= 4 is 52.4 Å². The smallest absolute Gasteiger partial charge is 0.305 e. The minimum absolute atomic E-state index is 0.0155. The summed E-state index contributed by atoms with van der Waals surface area (Å²) in [6.07, 6.45) is -0.498. The van der Waals surface area contributed by atoms with Gasteiger partial charge in [-0.05, 0) is 19.1 Å². The summed E-state index contributed by atoms with van der Waals surface area (Å²) in [7, 11) is -8.03. The summed E-state index contributed by atoms with van der Waals surface area (Å²) in [5.41, 5.74) is 0. The van der Waals surface area contributed by atoms with Crippen LogP contribution < -0.4 is 4.72 Å². The fourth-order valence-electron chi connectivity index (χ4n) is 1.78. The van der Waals surface area contributed by atoms with E-state index in [0.29, 0.717) is 0 Å². The normalized spacial score (nSPS) is 27.7. The third-order valence-corrected chi connectivity index (χ3v) is 7.80. The Balaban J connectivity index is 2.35. The van der Waals surface area contributed by atoms with Crippen LogP contribution in [-0.2, 0) is 23.6 Å². The van der Waals surface area contributed by atoms with Gasteiger partial charge in [0.15, 0.2) is 5.78 Å². The maximum Gasteiger partial charge on any atom is 0.353 e. The van der Waals surface area contributed by atoms with E-state index in [9.17, 15) is 13.0 Å². The van der Waals surface area contributed by atoms with Crippen molar-refractivity contribution in [2.45, 2.75) is 27.5 Å². The van der Waals surface area contributed by atoms with E-state index in [1.807, 2.05) is 0 Å². The first-order chi connectivity index (χ1) is 10.0. The standard InChI is InChI=1S/C11H13Cl3NO5PS/c1-8-7-19-21(16,20-8)10(11(12,13)14)15-22(17,18)9-5-3-2-4-6-9/h2-6,8,10,15H,7H2,1H3/t8-,10-,21-/m1/s1. The molecule has 0 aromatic heterocycles. The summed E-state index contributed by atoms with van der Waals surface area (Å²) in [5, 5.41) is 0. The quantitative estimate of drug-likeness (QED) is 0.611. The zero-order chi connectivity index (χ0) is 16.6. The average Bonchev–Trinajstić information content (AvgIpc) is 2.76. The fraction of sp³-hybridized carbons (Fsp3) is 0.455. The zero-order valence-electron chi connectivity index (χ0n) is 11.3. The van der Waals surface area contributed by atoms with E-state index in [1.54, 1.807) is 13.0 Å². The van der Waals surface area contributed by atoms with E-state index in [1.165, 1.54) is 24.3 Å². The molecule has 1 aliphatic rings. The number of rotatable bonds is 4. The van der Waals surface area contributed by atoms with Crippen molar-refractivity contribution in [1.82, 2.24) is 4.72 Å². The Hall–Kier alpha value is 0.150. The number of hydrogen-bond acceptors (Lipinski definition) is 5. The van der Waals surface area contributed by atoms with Crippen molar-refractivity contribution in [2.24, 2.45) is 0 Å². The SMILES string of the molecule is C[C@@H]1CO[P@](=O)([C@@H](NS(=O)(=O)c2ccccc2)C(Cl)(Cl)Cl)O1. The van der Waals surface area contributed by atoms with E-state index in [4.69, 9.17) is 43.9 Å². The summed E-state index contributed by atoms with van der Waals surface area (Å²) in [4.78, 5) is -0.0619. The molecule has 2 rings (SSSR count). The molecular formula is C11H13Cl3NO5PS. The van der Waals surface area contributed by atoms with Gasteiger partial charge in [0.2, 0.25) is 13.8 Å². The first kappa shape index (κ1) is 18.5. The van der Waals surface area contributed by atoms with Crippen LogP contribution >= 0.6 is 42.4 Å². The molecule has 11 heteroatoms. The van der Waals surface area contributed by atoms with Gasteiger partial charge >= 0.3 is 7.60 Å². The second-order valence-electron chi connectivity index (χ2n) is 4.63. The van der Waals surface area contributed by atoms with Crippen LogP contribution in [0.3, 0.4) is 0 Å². The lowest BCUT2D eigenvalue weighted by Crippen LogP contribution is -2.43. The van der Waals surface area contributed by atoms with E-state index in [2.05, 4.69) is 4.72 Å². The molecule has 0 unspecified atom stereocenters. The van der Waals surface area contributed by atoms with Crippen LogP contribution in [0.2, 0.25) is 0 Å². The molecule has 1 heterocycles. The second-order valence-corrected chi connectivity index (χ2v) is 10.8. The zero-order valence-corrected chi connectivity index (χ0v) is 15.3. The van der Waals surface area contributed by atoms with E-state index in [-0.39, 0.29) is 11.5 Å². The Bertz CT molecular complexity index is 679. The van der Waals surface area contributed by atoms with E-state index >= 15 is 0 Å². The molecule has 1 N–H and O–H groups in total. The third-order valence-electron chi connectivity index (χ3n) is 2.76. The Morgan fingerprint density at radius 3 is 2.36 bits per heavy atom.